The molecule has 0 unspecified atom stereocenters. The molecule has 1 aromatic carbocycles. The van der Waals surface area contributed by atoms with Crippen LogP contribution in [-0.2, 0) is 6.54 Å². The fourth-order valence-corrected chi connectivity index (χ4v) is 2.81. The van der Waals surface area contributed by atoms with E-state index in [4.69, 9.17) is 10.5 Å². The van der Waals surface area contributed by atoms with Gasteiger partial charge in [-0.25, -0.2) is 4.98 Å². The summed E-state index contributed by atoms with van der Waals surface area (Å²) in [5.41, 5.74) is 6.65. The third-order valence-corrected chi connectivity index (χ3v) is 4.39. The third-order valence-electron chi connectivity index (χ3n) is 2.60. The van der Waals surface area contributed by atoms with E-state index in [0.717, 1.165) is 11.3 Å². The number of thiazole rings is 1. The summed E-state index contributed by atoms with van der Waals surface area (Å²) < 4.78 is 5.83. The molecule has 20 heavy (non-hydrogen) atoms. The zero-order valence-electron chi connectivity index (χ0n) is 10.9. The van der Waals surface area contributed by atoms with Crippen LogP contribution >= 0.6 is 27.3 Å². The van der Waals surface area contributed by atoms with E-state index in [9.17, 15) is 4.79 Å². The minimum atomic E-state index is -0.0738. The Hall–Kier alpha value is -1.44. The second-order valence-corrected chi connectivity index (χ2v) is 6.37. The van der Waals surface area contributed by atoms with Gasteiger partial charge in [0.1, 0.15) is 15.4 Å². The number of Topliss-reactive ketones (excluding diaryl/α,β-unsaturated/α-hetero) is 1. The van der Waals surface area contributed by atoms with E-state index < -0.39 is 0 Å². The number of hydrogen-bond acceptors (Lipinski definition) is 6. The number of benzene rings is 1. The molecular formula is C13H14BrN3O2S. The van der Waals surface area contributed by atoms with Gasteiger partial charge in [-0.3, -0.25) is 4.79 Å². The summed E-state index contributed by atoms with van der Waals surface area (Å²) in [6.07, 6.45) is 0. The van der Waals surface area contributed by atoms with Crippen molar-refractivity contribution in [1.29, 1.82) is 0 Å². The van der Waals surface area contributed by atoms with Crippen LogP contribution in [0.5, 0.6) is 5.75 Å². The molecule has 1 heterocycles. The van der Waals surface area contributed by atoms with Gasteiger partial charge < -0.3 is 15.8 Å². The molecule has 0 aliphatic carbocycles. The van der Waals surface area contributed by atoms with Gasteiger partial charge in [0.05, 0.1) is 13.7 Å². The van der Waals surface area contributed by atoms with E-state index in [-0.39, 0.29) is 12.3 Å². The second kappa shape index (κ2) is 6.83. The Labute approximate surface area is 129 Å². The number of carbonyl (C=O) groups is 1. The Kier molecular flexibility index (Phi) is 5.11. The Balaban J connectivity index is 1.87. The summed E-state index contributed by atoms with van der Waals surface area (Å²) in [7, 11) is 1.63. The molecule has 1 aromatic heterocycles. The lowest BCUT2D eigenvalue weighted by molar-refractivity contribution is 0.0990. The van der Waals surface area contributed by atoms with Crippen LogP contribution in [0.15, 0.2) is 28.1 Å². The maximum absolute atomic E-state index is 11.9. The predicted molar refractivity (Wildman–Crippen MR) is 83.3 cm³/mol. The maximum atomic E-state index is 11.9. The van der Waals surface area contributed by atoms with Gasteiger partial charge in [0.25, 0.3) is 0 Å². The van der Waals surface area contributed by atoms with Gasteiger partial charge in [0.15, 0.2) is 5.01 Å². The molecule has 0 fully saturated rings. The Morgan fingerprint density at radius 1 is 1.55 bits per heavy atom. The zero-order chi connectivity index (χ0) is 14.5. The number of nitrogen functional groups attached to an aromatic ring is 1. The molecule has 0 saturated heterocycles. The molecule has 0 aliphatic rings. The number of ketones is 1. The van der Waals surface area contributed by atoms with Gasteiger partial charge in [-0.2, -0.15) is 0 Å². The summed E-state index contributed by atoms with van der Waals surface area (Å²) in [4.78, 5) is 15.9. The normalized spacial score (nSPS) is 10.5. The summed E-state index contributed by atoms with van der Waals surface area (Å²) in [5, 5.41) is 3.50. The largest absolute Gasteiger partial charge is 0.497 e. The molecule has 2 aromatic rings. The van der Waals surface area contributed by atoms with Gasteiger partial charge in [0.2, 0.25) is 5.78 Å². The molecule has 0 atom stereocenters. The lowest BCUT2D eigenvalue weighted by atomic mass is 10.2. The van der Waals surface area contributed by atoms with E-state index in [0.29, 0.717) is 21.2 Å². The molecule has 0 bridgehead atoms. The molecule has 106 valence electrons. The van der Waals surface area contributed by atoms with Crippen LogP contribution in [0, 0.1) is 0 Å². The van der Waals surface area contributed by atoms with E-state index in [1.807, 2.05) is 24.3 Å². The van der Waals surface area contributed by atoms with Crippen LogP contribution < -0.4 is 15.8 Å². The molecular weight excluding hydrogens is 342 g/mol. The molecule has 0 radical (unpaired) electrons. The first kappa shape index (κ1) is 15.0. The highest BCUT2D eigenvalue weighted by molar-refractivity contribution is 9.11. The smallest absolute Gasteiger partial charge is 0.205 e. The number of ether oxygens (including phenoxy) is 1. The van der Waals surface area contributed by atoms with Gasteiger partial charge in [0, 0.05) is 6.54 Å². The van der Waals surface area contributed by atoms with Crippen LogP contribution in [0.25, 0.3) is 0 Å². The molecule has 7 heteroatoms. The van der Waals surface area contributed by atoms with Crippen molar-refractivity contribution in [3.05, 3.63) is 38.6 Å². The van der Waals surface area contributed by atoms with E-state index >= 15 is 0 Å². The van der Waals surface area contributed by atoms with Crippen molar-refractivity contribution in [1.82, 2.24) is 10.3 Å². The Bertz CT molecular complexity index is 596. The van der Waals surface area contributed by atoms with Crippen molar-refractivity contribution in [3.63, 3.8) is 0 Å². The molecule has 0 spiro atoms. The summed E-state index contributed by atoms with van der Waals surface area (Å²) in [6.45, 7) is 0.807. The first-order chi connectivity index (χ1) is 9.60. The molecule has 3 N–H and O–H groups in total. The van der Waals surface area contributed by atoms with E-state index in [2.05, 4.69) is 26.2 Å². The highest BCUT2D eigenvalue weighted by Gasteiger charge is 2.13. The lowest BCUT2D eigenvalue weighted by Gasteiger charge is -2.05. The number of carbonyl (C=O) groups excluding carboxylic acids is 1. The molecule has 0 saturated carbocycles. The van der Waals surface area contributed by atoms with Gasteiger partial charge in [-0.1, -0.05) is 12.1 Å². The van der Waals surface area contributed by atoms with Crippen molar-refractivity contribution >= 4 is 38.9 Å². The van der Waals surface area contributed by atoms with Crippen molar-refractivity contribution in [2.24, 2.45) is 0 Å². The predicted octanol–water partition coefficient (Wildman–Crippen LogP) is 2.47. The van der Waals surface area contributed by atoms with Crippen molar-refractivity contribution in [2.45, 2.75) is 6.54 Å². The fourth-order valence-electron chi connectivity index (χ4n) is 1.61. The molecule has 2 rings (SSSR count). The standard InChI is InChI=1S/C13H14BrN3O2S/c1-19-9-4-2-3-8(5-9)6-16-7-10(18)13-17-12(15)11(14)20-13/h2-5,16H,6-7,15H2,1H3. The first-order valence-corrected chi connectivity index (χ1v) is 7.49. The lowest BCUT2D eigenvalue weighted by Crippen LogP contribution is -2.22. The van der Waals surface area contributed by atoms with Crippen molar-refractivity contribution in [3.8, 4) is 5.75 Å². The average molecular weight is 356 g/mol. The van der Waals surface area contributed by atoms with Gasteiger partial charge >= 0.3 is 0 Å². The van der Waals surface area contributed by atoms with Crippen LogP contribution in [-0.4, -0.2) is 24.4 Å². The summed E-state index contributed by atoms with van der Waals surface area (Å²) >= 11 is 4.50. The summed E-state index contributed by atoms with van der Waals surface area (Å²) in [5.74, 6) is 1.08. The highest BCUT2D eigenvalue weighted by Crippen LogP contribution is 2.26. The minimum Gasteiger partial charge on any atom is -0.497 e. The number of nitrogens with one attached hydrogen (secondary N) is 1. The van der Waals surface area contributed by atoms with Crippen molar-refractivity contribution < 1.29 is 9.53 Å². The number of aromatic nitrogens is 1. The van der Waals surface area contributed by atoms with Crippen LogP contribution in [0.4, 0.5) is 5.82 Å². The Morgan fingerprint density at radius 2 is 2.35 bits per heavy atom. The number of rotatable bonds is 6. The third kappa shape index (κ3) is 3.78. The van der Waals surface area contributed by atoms with Gasteiger partial charge in [-0.15, -0.1) is 11.3 Å². The Morgan fingerprint density at radius 3 is 3.00 bits per heavy atom. The SMILES string of the molecule is COc1cccc(CNCC(=O)c2nc(N)c(Br)s2)c1. The molecule has 5 nitrogen and oxygen atoms in total. The quantitative estimate of drug-likeness (QED) is 0.778. The molecule has 0 amide bonds. The number of methoxy groups -OCH3 is 1. The van der Waals surface area contributed by atoms with Crippen LogP contribution in [0.2, 0.25) is 0 Å². The zero-order valence-corrected chi connectivity index (χ0v) is 13.3. The number of hydrogen-bond donors (Lipinski definition) is 2. The number of nitrogens with zero attached hydrogens (tertiary/aromatic N) is 1. The van der Waals surface area contributed by atoms with E-state index in [1.54, 1.807) is 7.11 Å². The topological polar surface area (TPSA) is 77.2 Å². The number of halogens is 1. The minimum absolute atomic E-state index is 0.0738. The van der Waals surface area contributed by atoms with Crippen molar-refractivity contribution in [2.75, 3.05) is 19.4 Å². The van der Waals surface area contributed by atoms with Crippen LogP contribution in [0.3, 0.4) is 0 Å². The fraction of sp³-hybridized carbons (Fsp3) is 0.231. The maximum Gasteiger partial charge on any atom is 0.205 e. The number of nitrogens with two attached hydrogens (primary N) is 1. The van der Waals surface area contributed by atoms with Crippen LogP contribution in [0.1, 0.15) is 15.4 Å². The summed E-state index contributed by atoms with van der Waals surface area (Å²) in [6, 6.07) is 7.69. The molecule has 0 aliphatic heterocycles. The highest BCUT2D eigenvalue weighted by atomic mass is 79.9. The number of anilines is 1. The van der Waals surface area contributed by atoms with Gasteiger partial charge in [-0.05, 0) is 33.6 Å². The monoisotopic (exact) mass is 355 g/mol. The first-order valence-electron chi connectivity index (χ1n) is 5.89. The average Bonchev–Trinajstić information content (AvgIpc) is 2.79. The van der Waals surface area contributed by atoms with E-state index in [1.165, 1.54) is 11.3 Å². The second-order valence-electron chi connectivity index (χ2n) is 4.06.